The Hall–Kier alpha value is -3.12. The Morgan fingerprint density at radius 3 is 2.41 bits per heavy atom. The van der Waals surface area contributed by atoms with E-state index in [2.05, 4.69) is 57.9 Å². The van der Waals surface area contributed by atoms with E-state index in [1.807, 2.05) is 36.4 Å². The number of ether oxygens (including phenoxy) is 1. The summed E-state index contributed by atoms with van der Waals surface area (Å²) >= 11 is 1.64. The summed E-state index contributed by atoms with van der Waals surface area (Å²) in [6.07, 6.45) is 3.54. The number of aromatic nitrogens is 4. The van der Waals surface area contributed by atoms with Crippen LogP contribution in [-0.2, 0) is 0 Å². The van der Waals surface area contributed by atoms with Crippen LogP contribution in [0.4, 0.5) is 0 Å². The highest BCUT2D eigenvalue weighted by Gasteiger charge is 2.17. The number of nitrogens with zero attached hydrogens (tertiary/aromatic N) is 4. The highest BCUT2D eigenvalue weighted by molar-refractivity contribution is 7.99. The molecule has 0 saturated heterocycles. The molecule has 0 saturated carbocycles. The van der Waals surface area contributed by atoms with Crippen LogP contribution in [0.2, 0.25) is 0 Å². The van der Waals surface area contributed by atoms with Gasteiger partial charge in [0.1, 0.15) is 5.75 Å². The summed E-state index contributed by atoms with van der Waals surface area (Å²) < 4.78 is 7.97. The first-order chi connectivity index (χ1) is 14.2. The standard InChI is InChI=1S/C23H22N4OS/c1-17-7-9-20(10-8-17)28-15-16-29-23-26-25-22(19-11-13-24-14-12-19)27(23)21-6-4-3-5-18(21)2/h3-14H,15-16H2,1-2H3. The van der Waals surface area contributed by atoms with Crippen LogP contribution >= 0.6 is 11.8 Å². The molecule has 5 nitrogen and oxygen atoms in total. The van der Waals surface area contributed by atoms with E-state index in [-0.39, 0.29) is 0 Å². The molecule has 6 heteroatoms. The maximum atomic E-state index is 5.86. The zero-order valence-electron chi connectivity index (χ0n) is 16.4. The van der Waals surface area contributed by atoms with Gasteiger partial charge in [-0.15, -0.1) is 10.2 Å². The molecule has 2 heterocycles. The number of hydrogen-bond donors (Lipinski definition) is 0. The van der Waals surface area contributed by atoms with Crippen molar-refractivity contribution >= 4 is 11.8 Å². The monoisotopic (exact) mass is 402 g/mol. The first kappa shape index (κ1) is 19.2. The van der Waals surface area contributed by atoms with Crippen LogP contribution < -0.4 is 4.74 Å². The average molecular weight is 403 g/mol. The molecule has 0 aliphatic carbocycles. The van der Waals surface area contributed by atoms with Crippen molar-refractivity contribution in [2.24, 2.45) is 0 Å². The van der Waals surface area contributed by atoms with E-state index in [1.165, 1.54) is 11.1 Å². The van der Waals surface area contributed by atoms with Gasteiger partial charge in [0.15, 0.2) is 11.0 Å². The molecule has 146 valence electrons. The number of para-hydroxylation sites is 1. The Kier molecular flexibility index (Phi) is 5.91. The van der Waals surface area contributed by atoms with Crippen LogP contribution in [-0.4, -0.2) is 32.1 Å². The molecule has 0 N–H and O–H groups in total. The van der Waals surface area contributed by atoms with Gasteiger partial charge in [0.2, 0.25) is 0 Å². The Morgan fingerprint density at radius 2 is 1.66 bits per heavy atom. The highest BCUT2D eigenvalue weighted by atomic mass is 32.2. The minimum Gasteiger partial charge on any atom is -0.493 e. The second kappa shape index (κ2) is 8.92. The summed E-state index contributed by atoms with van der Waals surface area (Å²) in [5.74, 6) is 2.46. The Labute approximate surface area is 174 Å². The van der Waals surface area contributed by atoms with Crippen molar-refractivity contribution in [2.75, 3.05) is 12.4 Å². The second-order valence-electron chi connectivity index (χ2n) is 6.67. The van der Waals surface area contributed by atoms with Crippen LogP contribution in [0.25, 0.3) is 17.1 Å². The molecule has 0 spiro atoms. The van der Waals surface area contributed by atoms with E-state index in [1.54, 1.807) is 24.2 Å². The van der Waals surface area contributed by atoms with Gasteiger partial charge in [0.25, 0.3) is 0 Å². The molecule has 4 aromatic rings. The van der Waals surface area contributed by atoms with Crippen LogP contribution in [0.3, 0.4) is 0 Å². The topological polar surface area (TPSA) is 52.8 Å². The van der Waals surface area contributed by atoms with E-state index < -0.39 is 0 Å². The average Bonchev–Trinajstić information content (AvgIpc) is 3.17. The third kappa shape index (κ3) is 4.49. The minimum atomic E-state index is 0.596. The highest BCUT2D eigenvalue weighted by Crippen LogP contribution is 2.29. The van der Waals surface area contributed by atoms with Crippen molar-refractivity contribution in [3.8, 4) is 22.8 Å². The van der Waals surface area contributed by atoms with Gasteiger partial charge in [-0.3, -0.25) is 9.55 Å². The van der Waals surface area contributed by atoms with E-state index >= 15 is 0 Å². The van der Waals surface area contributed by atoms with E-state index in [0.717, 1.165) is 33.7 Å². The van der Waals surface area contributed by atoms with Gasteiger partial charge in [0, 0.05) is 23.7 Å². The van der Waals surface area contributed by atoms with Crippen molar-refractivity contribution in [3.63, 3.8) is 0 Å². The van der Waals surface area contributed by atoms with Gasteiger partial charge < -0.3 is 4.74 Å². The van der Waals surface area contributed by atoms with Crippen molar-refractivity contribution in [1.29, 1.82) is 0 Å². The molecular formula is C23H22N4OS. The Bertz CT molecular complexity index is 1080. The number of thioether (sulfide) groups is 1. The van der Waals surface area contributed by atoms with Crippen LogP contribution in [0.5, 0.6) is 5.75 Å². The Balaban J connectivity index is 1.56. The molecule has 0 aliphatic rings. The quantitative estimate of drug-likeness (QED) is 0.317. The Morgan fingerprint density at radius 1 is 0.897 bits per heavy atom. The summed E-state index contributed by atoms with van der Waals surface area (Å²) in [4.78, 5) is 4.11. The third-order valence-corrected chi connectivity index (χ3v) is 5.43. The van der Waals surface area contributed by atoms with Crippen LogP contribution in [0.1, 0.15) is 11.1 Å². The lowest BCUT2D eigenvalue weighted by atomic mass is 10.2. The molecule has 0 atom stereocenters. The van der Waals surface area contributed by atoms with Crippen molar-refractivity contribution in [2.45, 2.75) is 19.0 Å². The molecule has 0 fully saturated rings. The number of hydrogen-bond acceptors (Lipinski definition) is 5. The molecular weight excluding hydrogens is 380 g/mol. The lowest BCUT2D eigenvalue weighted by Gasteiger charge is -2.13. The number of pyridine rings is 1. The van der Waals surface area contributed by atoms with E-state index in [0.29, 0.717) is 6.61 Å². The molecule has 0 unspecified atom stereocenters. The summed E-state index contributed by atoms with van der Waals surface area (Å²) in [6, 6.07) is 20.3. The first-order valence-corrected chi connectivity index (χ1v) is 10.4. The number of rotatable bonds is 7. The second-order valence-corrected chi connectivity index (χ2v) is 7.74. The number of benzene rings is 2. The molecule has 0 radical (unpaired) electrons. The fourth-order valence-electron chi connectivity index (χ4n) is 3.01. The predicted octanol–water partition coefficient (Wildman–Crippen LogP) is 5.12. The lowest BCUT2D eigenvalue weighted by Crippen LogP contribution is -2.04. The molecule has 0 amide bonds. The minimum absolute atomic E-state index is 0.596. The lowest BCUT2D eigenvalue weighted by molar-refractivity contribution is 0.344. The zero-order valence-corrected chi connectivity index (χ0v) is 17.3. The van der Waals surface area contributed by atoms with Gasteiger partial charge >= 0.3 is 0 Å². The fraction of sp³-hybridized carbons (Fsp3) is 0.174. The molecule has 0 bridgehead atoms. The van der Waals surface area contributed by atoms with Crippen LogP contribution in [0.15, 0.2) is 78.2 Å². The number of aryl methyl sites for hydroxylation is 2. The van der Waals surface area contributed by atoms with Gasteiger partial charge in [-0.25, -0.2) is 0 Å². The largest absolute Gasteiger partial charge is 0.493 e. The van der Waals surface area contributed by atoms with Gasteiger partial charge in [-0.2, -0.15) is 0 Å². The molecule has 4 rings (SSSR count). The molecule has 0 aliphatic heterocycles. The molecule has 29 heavy (non-hydrogen) atoms. The SMILES string of the molecule is Cc1ccc(OCCSc2nnc(-c3ccncc3)n2-c2ccccc2C)cc1. The van der Waals surface area contributed by atoms with E-state index in [4.69, 9.17) is 4.74 Å². The van der Waals surface area contributed by atoms with Gasteiger partial charge in [0.05, 0.1) is 12.3 Å². The van der Waals surface area contributed by atoms with Crippen molar-refractivity contribution in [1.82, 2.24) is 19.7 Å². The first-order valence-electron chi connectivity index (χ1n) is 9.46. The summed E-state index contributed by atoms with van der Waals surface area (Å²) in [5.41, 5.74) is 4.45. The predicted molar refractivity (Wildman–Crippen MR) is 117 cm³/mol. The maximum absolute atomic E-state index is 5.86. The smallest absolute Gasteiger partial charge is 0.196 e. The molecule has 2 aromatic heterocycles. The normalized spacial score (nSPS) is 10.8. The van der Waals surface area contributed by atoms with E-state index in [9.17, 15) is 0 Å². The summed E-state index contributed by atoms with van der Waals surface area (Å²) in [5, 5.41) is 9.79. The molecule has 2 aromatic carbocycles. The van der Waals surface area contributed by atoms with Crippen LogP contribution in [0, 0.1) is 13.8 Å². The van der Waals surface area contributed by atoms with Gasteiger partial charge in [-0.05, 0) is 49.7 Å². The third-order valence-electron chi connectivity index (χ3n) is 4.53. The summed E-state index contributed by atoms with van der Waals surface area (Å²) in [7, 11) is 0. The van der Waals surface area contributed by atoms with Crippen molar-refractivity contribution in [3.05, 3.63) is 84.2 Å². The summed E-state index contributed by atoms with van der Waals surface area (Å²) in [6.45, 7) is 4.76. The van der Waals surface area contributed by atoms with Gasteiger partial charge in [-0.1, -0.05) is 47.7 Å². The fourth-order valence-corrected chi connectivity index (χ4v) is 3.77. The zero-order chi connectivity index (χ0) is 20.1. The maximum Gasteiger partial charge on any atom is 0.196 e. The van der Waals surface area contributed by atoms with Crippen molar-refractivity contribution < 1.29 is 4.74 Å².